The number of nitrogens with one attached hydrogen (secondary N) is 1. The quantitative estimate of drug-likeness (QED) is 0.865. The number of aryl methyl sites for hydroxylation is 1. The van der Waals surface area contributed by atoms with Crippen molar-refractivity contribution >= 4 is 11.7 Å². The number of hydrogen-bond donors (Lipinski definition) is 2. The minimum atomic E-state index is -0.920. The van der Waals surface area contributed by atoms with Crippen LogP contribution in [0.1, 0.15) is 34.8 Å². The molecule has 2 rings (SSSR count). The average molecular weight is 245 g/mol. The molecule has 2 N–H and O–H groups in total. The third-order valence-corrected chi connectivity index (χ3v) is 2.70. The normalized spacial score (nSPS) is 12.1. The van der Waals surface area contributed by atoms with Crippen molar-refractivity contribution in [3.63, 3.8) is 0 Å². The molecule has 0 aliphatic heterocycles. The van der Waals surface area contributed by atoms with E-state index in [1.54, 1.807) is 24.3 Å². The number of furan rings is 1. The minimum Gasteiger partial charge on any atom is -0.478 e. The molecule has 1 atom stereocenters. The predicted molar refractivity (Wildman–Crippen MR) is 68.9 cm³/mol. The van der Waals surface area contributed by atoms with E-state index in [0.29, 0.717) is 0 Å². The Labute approximate surface area is 105 Å². The lowest BCUT2D eigenvalue weighted by Gasteiger charge is -2.13. The number of carbonyl (C=O) groups is 1. The monoisotopic (exact) mass is 245 g/mol. The van der Waals surface area contributed by atoms with Gasteiger partial charge in [-0.3, -0.25) is 0 Å². The fraction of sp³-hybridized carbons (Fsp3) is 0.214. The van der Waals surface area contributed by atoms with Gasteiger partial charge >= 0.3 is 5.97 Å². The summed E-state index contributed by atoms with van der Waals surface area (Å²) in [5.41, 5.74) is 1.14. The van der Waals surface area contributed by atoms with Crippen LogP contribution in [0.15, 0.2) is 40.8 Å². The first kappa shape index (κ1) is 12.2. The van der Waals surface area contributed by atoms with Gasteiger partial charge < -0.3 is 14.8 Å². The summed E-state index contributed by atoms with van der Waals surface area (Å²) in [4.78, 5) is 10.7. The molecule has 0 amide bonds. The third kappa shape index (κ3) is 2.71. The molecule has 1 aromatic heterocycles. The number of carboxylic acid groups (broad SMARTS) is 1. The molecule has 0 saturated carbocycles. The molecule has 2 aromatic rings. The SMILES string of the molecule is Cc1ccc(C(C)Nc2ccc(C(=O)O)cc2)o1. The van der Waals surface area contributed by atoms with Crippen LogP contribution < -0.4 is 5.32 Å². The van der Waals surface area contributed by atoms with Crippen LogP contribution in [0.4, 0.5) is 5.69 Å². The van der Waals surface area contributed by atoms with Gasteiger partial charge in [-0.05, 0) is 50.2 Å². The summed E-state index contributed by atoms with van der Waals surface area (Å²) in [5, 5.41) is 12.1. The van der Waals surface area contributed by atoms with Crippen LogP contribution in [0.25, 0.3) is 0 Å². The van der Waals surface area contributed by atoms with Crippen LogP contribution in [0, 0.1) is 6.92 Å². The second-order valence-corrected chi connectivity index (χ2v) is 4.20. The van der Waals surface area contributed by atoms with Gasteiger partial charge in [0.1, 0.15) is 11.5 Å². The largest absolute Gasteiger partial charge is 0.478 e. The Bertz CT molecular complexity index is 542. The molecule has 94 valence electrons. The highest BCUT2D eigenvalue weighted by atomic mass is 16.4. The van der Waals surface area contributed by atoms with Crippen LogP contribution in [-0.4, -0.2) is 11.1 Å². The third-order valence-electron chi connectivity index (χ3n) is 2.70. The van der Waals surface area contributed by atoms with E-state index in [2.05, 4.69) is 5.32 Å². The highest BCUT2D eigenvalue weighted by Crippen LogP contribution is 2.21. The Balaban J connectivity index is 2.07. The first-order valence-electron chi connectivity index (χ1n) is 5.72. The molecule has 1 unspecified atom stereocenters. The lowest BCUT2D eigenvalue weighted by Crippen LogP contribution is -2.05. The highest BCUT2D eigenvalue weighted by Gasteiger charge is 2.09. The minimum absolute atomic E-state index is 0.0365. The Morgan fingerprint density at radius 3 is 2.39 bits per heavy atom. The second-order valence-electron chi connectivity index (χ2n) is 4.20. The van der Waals surface area contributed by atoms with E-state index in [9.17, 15) is 4.79 Å². The van der Waals surface area contributed by atoms with Gasteiger partial charge in [0.2, 0.25) is 0 Å². The number of aromatic carboxylic acids is 1. The van der Waals surface area contributed by atoms with Gasteiger partial charge in [0.05, 0.1) is 11.6 Å². The summed E-state index contributed by atoms with van der Waals surface area (Å²) in [7, 11) is 0. The number of benzene rings is 1. The van der Waals surface area contributed by atoms with E-state index in [-0.39, 0.29) is 11.6 Å². The smallest absolute Gasteiger partial charge is 0.335 e. The van der Waals surface area contributed by atoms with Crippen molar-refractivity contribution < 1.29 is 14.3 Å². The highest BCUT2D eigenvalue weighted by molar-refractivity contribution is 5.88. The number of carboxylic acids is 1. The molecule has 0 aliphatic carbocycles. The van der Waals surface area contributed by atoms with Gasteiger partial charge in [0.25, 0.3) is 0 Å². The number of rotatable bonds is 4. The molecule has 4 heteroatoms. The molecule has 18 heavy (non-hydrogen) atoms. The molecular weight excluding hydrogens is 230 g/mol. The van der Waals surface area contributed by atoms with Gasteiger partial charge in [-0.25, -0.2) is 4.79 Å². The lowest BCUT2D eigenvalue weighted by atomic mass is 10.2. The summed E-state index contributed by atoms with van der Waals surface area (Å²) in [6.45, 7) is 3.89. The second kappa shape index (κ2) is 4.96. The zero-order valence-corrected chi connectivity index (χ0v) is 10.3. The number of anilines is 1. The van der Waals surface area contributed by atoms with Gasteiger partial charge in [0, 0.05) is 5.69 Å². The molecule has 0 fully saturated rings. The maximum Gasteiger partial charge on any atom is 0.335 e. The molecule has 0 radical (unpaired) electrons. The van der Waals surface area contributed by atoms with Crippen LogP contribution >= 0.6 is 0 Å². The van der Waals surface area contributed by atoms with E-state index in [1.807, 2.05) is 26.0 Å². The van der Waals surface area contributed by atoms with Crippen molar-refractivity contribution in [2.24, 2.45) is 0 Å². The zero-order chi connectivity index (χ0) is 13.1. The fourth-order valence-corrected chi connectivity index (χ4v) is 1.72. The first-order chi connectivity index (χ1) is 8.56. The summed E-state index contributed by atoms with van der Waals surface area (Å²) in [6.07, 6.45) is 0. The van der Waals surface area contributed by atoms with Crippen molar-refractivity contribution in [2.45, 2.75) is 19.9 Å². The average Bonchev–Trinajstić information content (AvgIpc) is 2.76. The lowest BCUT2D eigenvalue weighted by molar-refractivity contribution is 0.0697. The molecule has 0 aliphatic rings. The van der Waals surface area contributed by atoms with Gasteiger partial charge in [0.15, 0.2) is 0 Å². The topological polar surface area (TPSA) is 62.5 Å². The summed E-state index contributed by atoms with van der Waals surface area (Å²) < 4.78 is 5.52. The van der Waals surface area contributed by atoms with Crippen molar-refractivity contribution in [3.05, 3.63) is 53.5 Å². The van der Waals surface area contributed by atoms with E-state index in [1.165, 1.54) is 0 Å². The van der Waals surface area contributed by atoms with Crippen LogP contribution in [-0.2, 0) is 0 Å². The molecule has 1 heterocycles. The Morgan fingerprint density at radius 2 is 1.89 bits per heavy atom. The summed E-state index contributed by atoms with van der Waals surface area (Å²) >= 11 is 0. The van der Waals surface area contributed by atoms with Crippen molar-refractivity contribution in [2.75, 3.05) is 5.32 Å². The maximum atomic E-state index is 10.7. The van der Waals surface area contributed by atoms with Crippen LogP contribution in [0.3, 0.4) is 0 Å². The summed E-state index contributed by atoms with van der Waals surface area (Å²) in [6, 6.07) is 10.5. The number of hydrogen-bond acceptors (Lipinski definition) is 3. The van der Waals surface area contributed by atoms with E-state index in [4.69, 9.17) is 9.52 Å². The predicted octanol–water partition coefficient (Wildman–Crippen LogP) is 3.46. The molecule has 0 spiro atoms. The fourth-order valence-electron chi connectivity index (χ4n) is 1.72. The standard InChI is InChI=1S/C14H15NO3/c1-9-3-8-13(18-9)10(2)15-12-6-4-11(5-7-12)14(16)17/h3-8,10,15H,1-2H3,(H,16,17). The first-order valence-corrected chi connectivity index (χ1v) is 5.72. The van der Waals surface area contributed by atoms with Crippen LogP contribution in [0.2, 0.25) is 0 Å². The van der Waals surface area contributed by atoms with Gasteiger partial charge in [-0.15, -0.1) is 0 Å². The molecule has 4 nitrogen and oxygen atoms in total. The Kier molecular flexibility index (Phi) is 3.37. The van der Waals surface area contributed by atoms with E-state index < -0.39 is 5.97 Å². The molecule has 0 bridgehead atoms. The Hall–Kier alpha value is -2.23. The van der Waals surface area contributed by atoms with Crippen molar-refractivity contribution in [1.29, 1.82) is 0 Å². The summed E-state index contributed by atoms with van der Waals surface area (Å²) in [5.74, 6) is 0.811. The molecular formula is C14H15NO3. The van der Waals surface area contributed by atoms with Crippen molar-refractivity contribution in [1.82, 2.24) is 0 Å². The van der Waals surface area contributed by atoms with Crippen molar-refractivity contribution in [3.8, 4) is 0 Å². The van der Waals surface area contributed by atoms with E-state index >= 15 is 0 Å². The van der Waals surface area contributed by atoms with Crippen LogP contribution in [0.5, 0.6) is 0 Å². The van der Waals surface area contributed by atoms with E-state index in [0.717, 1.165) is 17.2 Å². The van der Waals surface area contributed by atoms with Gasteiger partial charge in [-0.1, -0.05) is 0 Å². The van der Waals surface area contributed by atoms with Gasteiger partial charge in [-0.2, -0.15) is 0 Å². The maximum absolute atomic E-state index is 10.7. The molecule has 0 saturated heterocycles. The zero-order valence-electron chi connectivity index (χ0n) is 10.3. The Morgan fingerprint density at radius 1 is 1.22 bits per heavy atom. The molecule has 1 aromatic carbocycles.